The minimum Gasteiger partial charge on any atom is -0.383 e. The summed E-state index contributed by atoms with van der Waals surface area (Å²) in [6, 6.07) is 13.0. The van der Waals surface area contributed by atoms with Gasteiger partial charge in [0.1, 0.15) is 5.82 Å². The summed E-state index contributed by atoms with van der Waals surface area (Å²) in [5, 5.41) is 7.30. The quantitative estimate of drug-likeness (QED) is 0.671. The third-order valence-corrected chi connectivity index (χ3v) is 4.98. The zero-order valence-electron chi connectivity index (χ0n) is 15.9. The van der Waals surface area contributed by atoms with E-state index in [1.54, 1.807) is 24.3 Å². The highest BCUT2D eigenvalue weighted by atomic mass is 16.1. The number of carbonyl (C=O) groups is 2. The molecule has 0 spiro atoms. The van der Waals surface area contributed by atoms with E-state index in [2.05, 4.69) is 10.4 Å². The summed E-state index contributed by atoms with van der Waals surface area (Å²) in [5.41, 5.74) is 10.4. The zero-order chi connectivity index (χ0) is 19.8. The van der Waals surface area contributed by atoms with Crippen molar-refractivity contribution < 1.29 is 9.59 Å². The van der Waals surface area contributed by atoms with E-state index < -0.39 is 0 Å². The molecule has 0 saturated heterocycles. The molecule has 0 bridgehead atoms. The first kappa shape index (κ1) is 18.0. The molecule has 142 valence electrons. The van der Waals surface area contributed by atoms with Crippen molar-refractivity contribution in [2.24, 2.45) is 0 Å². The molecule has 3 N–H and O–H groups in total. The molecule has 3 aromatic rings. The number of benzene rings is 2. The van der Waals surface area contributed by atoms with Crippen LogP contribution in [-0.2, 0) is 0 Å². The average Bonchev–Trinajstić information content (AvgIpc) is 3.42. The van der Waals surface area contributed by atoms with Gasteiger partial charge in [0, 0.05) is 17.2 Å². The Kier molecular flexibility index (Phi) is 4.47. The van der Waals surface area contributed by atoms with E-state index in [1.165, 1.54) is 10.9 Å². The number of amides is 1. The maximum atomic E-state index is 12.8. The second-order valence-electron chi connectivity index (χ2n) is 7.30. The number of anilines is 1. The molecule has 1 amide bonds. The van der Waals surface area contributed by atoms with E-state index >= 15 is 0 Å². The van der Waals surface area contributed by atoms with Crippen molar-refractivity contribution in [3.63, 3.8) is 0 Å². The van der Waals surface area contributed by atoms with Crippen LogP contribution < -0.4 is 11.1 Å². The standard InChI is InChI=1S/C22H22N4O2/c1-13-3-6-15(7-4-13)20(27)18-12-24-26(21(18)23)19-11-16(8-5-14(19)2)22(28)25-17-9-10-17/h3-8,11-12,17H,9-10,23H2,1-2H3,(H,25,28). The molecule has 1 aliphatic rings. The van der Waals surface area contributed by atoms with E-state index in [0.29, 0.717) is 22.4 Å². The van der Waals surface area contributed by atoms with Gasteiger partial charge in [-0.2, -0.15) is 5.10 Å². The first-order chi connectivity index (χ1) is 13.4. The van der Waals surface area contributed by atoms with Crippen LogP contribution in [-0.4, -0.2) is 27.5 Å². The molecule has 0 atom stereocenters. The van der Waals surface area contributed by atoms with Crippen LogP contribution >= 0.6 is 0 Å². The highest BCUT2D eigenvalue weighted by Crippen LogP contribution is 2.24. The highest BCUT2D eigenvalue weighted by Gasteiger charge is 2.24. The number of hydrogen-bond donors (Lipinski definition) is 2. The molecule has 6 nitrogen and oxygen atoms in total. The molecule has 0 aliphatic heterocycles. The Bertz CT molecular complexity index is 1060. The number of nitrogens with two attached hydrogens (primary N) is 1. The van der Waals surface area contributed by atoms with Crippen molar-refractivity contribution >= 4 is 17.5 Å². The van der Waals surface area contributed by atoms with Crippen LogP contribution in [0.5, 0.6) is 0 Å². The van der Waals surface area contributed by atoms with Crippen molar-refractivity contribution in [3.8, 4) is 5.69 Å². The topological polar surface area (TPSA) is 90.0 Å². The van der Waals surface area contributed by atoms with Gasteiger partial charge >= 0.3 is 0 Å². The number of nitrogens with one attached hydrogen (secondary N) is 1. The number of rotatable bonds is 5. The van der Waals surface area contributed by atoms with Gasteiger partial charge < -0.3 is 11.1 Å². The predicted octanol–water partition coefficient (Wildman–Crippen LogP) is 3.19. The molecular formula is C22H22N4O2. The maximum Gasteiger partial charge on any atom is 0.251 e. The smallest absolute Gasteiger partial charge is 0.251 e. The monoisotopic (exact) mass is 374 g/mol. The van der Waals surface area contributed by atoms with Gasteiger partial charge in [-0.1, -0.05) is 35.9 Å². The summed E-state index contributed by atoms with van der Waals surface area (Å²) < 4.78 is 1.52. The van der Waals surface area contributed by atoms with Crippen LogP contribution in [0.15, 0.2) is 48.7 Å². The van der Waals surface area contributed by atoms with E-state index in [0.717, 1.165) is 24.0 Å². The van der Waals surface area contributed by atoms with Gasteiger partial charge in [0.25, 0.3) is 5.91 Å². The Labute approximate surface area is 163 Å². The van der Waals surface area contributed by atoms with Crippen LogP contribution in [0.3, 0.4) is 0 Å². The van der Waals surface area contributed by atoms with Crippen molar-refractivity contribution in [1.29, 1.82) is 0 Å². The van der Waals surface area contributed by atoms with E-state index in [1.807, 2.05) is 32.0 Å². The Morgan fingerprint density at radius 1 is 1.07 bits per heavy atom. The summed E-state index contributed by atoms with van der Waals surface area (Å²) in [4.78, 5) is 25.2. The maximum absolute atomic E-state index is 12.8. The number of carbonyl (C=O) groups excluding carboxylic acids is 2. The van der Waals surface area contributed by atoms with Crippen LogP contribution in [0.2, 0.25) is 0 Å². The zero-order valence-corrected chi connectivity index (χ0v) is 15.9. The number of aromatic nitrogens is 2. The Hall–Kier alpha value is -3.41. The molecule has 1 saturated carbocycles. The highest BCUT2D eigenvalue weighted by molar-refractivity contribution is 6.11. The molecule has 2 aromatic carbocycles. The second kappa shape index (κ2) is 6.96. The minimum atomic E-state index is -0.177. The molecule has 1 aliphatic carbocycles. The second-order valence-corrected chi connectivity index (χ2v) is 7.30. The molecule has 6 heteroatoms. The summed E-state index contributed by atoms with van der Waals surface area (Å²) in [6.07, 6.45) is 3.54. The molecule has 0 radical (unpaired) electrons. The lowest BCUT2D eigenvalue weighted by Crippen LogP contribution is -2.25. The van der Waals surface area contributed by atoms with Gasteiger partial charge in [-0.25, -0.2) is 4.68 Å². The largest absolute Gasteiger partial charge is 0.383 e. The normalized spacial score (nSPS) is 13.4. The molecular weight excluding hydrogens is 352 g/mol. The Balaban J connectivity index is 1.67. The number of nitrogens with zero attached hydrogens (tertiary/aromatic N) is 2. The van der Waals surface area contributed by atoms with Gasteiger partial charge in [-0.15, -0.1) is 0 Å². The molecule has 1 aromatic heterocycles. The SMILES string of the molecule is Cc1ccc(C(=O)c2cnn(-c3cc(C(=O)NC4CC4)ccc3C)c2N)cc1. The fourth-order valence-corrected chi connectivity index (χ4v) is 3.06. The van der Waals surface area contributed by atoms with E-state index in [9.17, 15) is 9.59 Å². The van der Waals surface area contributed by atoms with Crippen LogP contribution in [0.4, 0.5) is 5.82 Å². The number of hydrogen-bond acceptors (Lipinski definition) is 4. The van der Waals surface area contributed by atoms with Crippen molar-refractivity contribution in [2.75, 3.05) is 5.73 Å². The van der Waals surface area contributed by atoms with E-state index in [-0.39, 0.29) is 23.6 Å². The fraction of sp³-hybridized carbons (Fsp3) is 0.227. The Morgan fingerprint density at radius 3 is 2.43 bits per heavy atom. The lowest BCUT2D eigenvalue weighted by atomic mass is 10.0. The van der Waals surface area contributed by atoms with Gasteiger partial charge in [0.2, 0.25) is 0 Å². The summed E-state index contributed by atoms with van der Waals surface area (Å²) in [5.74, 6) is -0.0251. The molecule has 28 heavy (non-hydrogen) atoms. The summed E-state index contributed by atoms with van der Waals surface area (Å²) in [6.45, 7) is 3.89. The van der Waals surface area contributed by atoms with Crippen LogP contribution in [0.1, 0.15) is 50.2 Å². The number of aryl methyl sites for hydroxylation is 2. The predicted molar refractivity (Wildman–Crippen MR) is 108 cm³/mol. The minimum absolute atomic E-state index is 0.106. The van der Waals surface area contributed by atoms with Gasteiger partial charge in [0.15, 0.2) is 5.78 Å². The fourth-order valence-electron chi connectivity index (χ4n) is 3.06. The first-order valence-electron chi connectivity index (χ1n) is 9.31. The van der Waals surface area contributed by atoms with Crippen molar-refractivity contribution in [2.45, 2.75) is 32.7 Å². The molecule has 0 unspecified atom stereocenters. The Morgan fingerprint density at radius 2 is 1.75 bits per heavy atom. The number of nitrogen functional groups attached to an aromatic ring is 1. The van der Waals surface area contributed by atoms with Crippen molar-refractivity contribution in [3.05, 3.63) is 76.5 Å². The lowest BCUT2D eigenvalue weighted by Gasteiger charge is -2.11. The van der Waals surface area contributed by atoms with Crippen LogP contribution in [0.25, 0.3) is 5.69 Å². The van der Waals surface area contributed by atoms with E-state index in [4.69, 9.17) is 5.73 Å². The van der Waals surface area contributed by atoms with Gasteiger partial charge in [-0.05, 0) is 44.4 Å². The first-order valence-corrected chi connectivity index (χ1v) is 9.31. The van der Waals surface area contributed by atoms with Crippen molar-refractivity contribution in [1.82, 2.24) is 15.1 Å². The lowest BCUT2D eigenvalue weighted by molar-refractivity contribution is 0.0950. The number of ketones is 1. The summed E-state index contributed by atoms with van der Waals surface area (Å²) in [7, 11) is 0. The van der Waals surface area contributed by atoms with Crippen LogP contribution in [0, 0.1) is 13.8 Å². The summed E-state index contributed by atoms with van der Waals surface area (Å²) >= 11 is 0. The third kappa shape index (κ3) is 3.41. The molecule has 4 rings (SSSR count). The third-order valence-electron chi connectivity index (χ3n) is 4.98. The van der Waals surface area contributed by atoms with Gasteiger partial charge in [-0.3, -0.25) is 9.59 Å². The van der Waals surface area contributed by atoms with Gasteiger partial charge in [0.05, 0.1) is 17.4 Å². The average molecular weight is 374 g/mol. The molecule has 1 fully saturated rings. The molecule has 1 heterocycles.